The molecule has 9 nitrogen and oxygen atoms in total. The summed E-state index contributed by atoms with van der Waals surface area (Å²) in [6, 6.07) is 18.2. The molecule has 0 saturated heterocycles. The van der Waals surface area contributed by atoms with Gasteiger partial charge in [-0.25, -0.2) is 21.1 Å². The van der Waals surface area contributed by atoms with Gasteiger partial charge >= 0.3 is 0 Å². The van der Waals surface area contributed by atoms with Crippen molar-refractivity contribution in [1.29, 1.82) is 0 Å². The van der Waals surface area contributed by atoms with Crippen LogP contribution >= 0.6 is 0 Å². The molecule has 3 aromatic rings. The first-order valence-electron chi connectivity index (χ1n) is 10.4. The van der Waals surface area contributed by atoms with Crippen LogP contribution < -0.4 is 10.1 Å². The van der Waals surface area contributed by atoms with Crippen LogP contribution in [-0.2, 0) is 24.8 Å². The Bertz CT molecular complexity index is 1370. The van der Waals surface area contributed by atoms with Gasteiger partial charge in [0, 0.05) is 21.1 Å². The number of nitrogens with one attached hydrogen (secondary N) is 1. The molecule has 0 radical (unpaired) electrons. The zero-order valence-electron chi connectivity index (χ0n) is 19.1. The second kappa shape index (κ2) is 10.5. The fourth-order valence-corrected chi connectivity index (χ4v) is 5.19. The highest BCUT2D eigenvalue weighted by Gasteiger charge is 2.23. The number of hydrogen-bond donors (Lipinski definition) is 1. The molecule has 0 aliphatic heterocycles. The van der Waals surface area contributed by atoms with Crippen molar-refractivity contribution >= 4 is 36.7 Å². The van der Waals surface area contributed by atoms with Crippen molar-refractivity contribution in [3.63, 3.8) is 0 Å². The molecule has 0 aromatic heterocycles. The summed E-state index contributed by atoms with van der Waals surface area (Å²) in [5.41, 5.74) is 0. The lowest BCUT2D eigenvalue weighted by Gasteiger charge is -2.17. The van der Waals surface area contributed by atoms with E-state index >= 15 is 0 Å². The van der Waals surface area contributed by atoms with E-state index in [0.29, 0.717) is 5.75 Å². The van der Waals surface area contributed by atoms with Gasteiger partial charge in [-0.3, -0.25) is 4.79 Å². The third-order valence-electron chi connectivity index (χ3n) is 5.09. The van der Waals surface area contributed by atoms with Gasteiger partial charge in [0.05, 0.1) is 22.9 Å². The van der Waals surface area contributed by atoms with Gasteiger partial charge in [-0.05, 0) is 47.2 Å². The summed E-state index contributed by atoms with van der Waals surface area (Å²) in [6.45, 7) is -0.0562. The van der Waals surface area contributed by atoms with Crippen LogP contribution in [0.15, 0.2) is 76.5 Å². The minimum atomic E-state index is -3.83. The second-order valence-electron chi connectivity index (χ2n) is 7.73. The molecule has 0 aliphatic carbocycles. The maximum absolute atomic E-state index is 12.8. The standard InChI is InChI=1S/C23H27N3O6S2/c1-25(2)33(28,29)21-12-9-20(10-13-21)32-15-14-24-23(27)17-26(3)34(30,31)22-11-8-18-6-4-5-7-19(18)16-22/h4-13,16H,14-15,17H2,1-3H3,(H,24,27). The van der Waals surface area contributed by atoms with Crippen LogP contribution in [0.25, 0.3) is 10.8 Å². The van der Waals surface area contributed by atoms with E-state index in [1.807, 2.05) is 24.3 Å². The topological polar surface area (TPSA) is 113 Å². The number of hydrogen-bond acceptors (Lipinski definition) is 6. The number of sulfonamides is 2. The van der Waals surface area contributed by atoms with E-state index in [1.165, 1.54) is 51.5 Å². The van der Waals surface area contributed by atoms with Gasteiger partial charge in [-0.1, -0.05) is 30.3 Å². The molecule has 0 atom stereocenters. The molecule has 11 heteroatoms. The van der Waals surface area contributed by atoms with Crippen LogP contribution in [0.2, 0.25) is 0 Å². The molecule has 0 bridgehead atoms. The lowest BCUT2D eigenvalue weighted by Crippen LogP contribution is -2.39. The van der Waals surface area contributed by atoms with E-state index in [2.05, 4.69) is 5.32 Å². The highest BCUT2D eigenvalue weighted by Crippen LogP contribution is 2.21. The van der Waals surface area contributed by atoms with Gasteiger partial charge in [-0.2, -0.15) is 4.31 Å². The fourth-order valence-electron chi connectivity index (χ4n) is 3.13. The van der Waals surface area contributed by atoms with Crippen LogP contribution in [0, 0.1) is 0 Å². The lowest BCUT2D eigenvalue weighted by molar-refractivity contribution is -0.121. The summed E-state index contributed by atoms with van der Waals surface area (Å²) >= 11 is 0. The van der Waals surface area contributed by atoms with Gasteiger partial charge < -0.3 is 10.1 Å². The lowest BCUT2D eigenvalue weighted by atomic mass is 10.1. The van der Waals surface area contributed by atoms with Crippen molar-refractivity contribution in [2.75, 3.05) is 40.8 Å². The van der Waals surface area contributed by atoms with E-state index in [1.54, 1.807) is 12.1 Å². The van der Waals surface area contributed by atoms with Crippen LogP contribution in [0.4, 0.5) is 0 Å². The first kappa shape index (κ1) is 25.6. The van der Waals surface area contributed by atoms with E-state index in [9.17, 15) is 21.6 Å². The van der Waals surface area contributed by atoms with Gasteiger partial charge in [0.2, 0.25) is 26.0 Å². The largest absolute Gasteiger partial charge is 0.492 e. The number of likely N-dealkylation sites (N-methyl/N-ethyl adjacent to an activating group) is 1. The summed E-state index contributed by atoms with van der Waals surface area (Å²) < 4.78 is 57.5. The first-order chi connectivity index (χ1) is 16.0. The van der Waals surface area contributed by atoms with Crippen molar-refractivity contribution in [3.8, 4) is 5.75 Å². The average Bonchev–Trinajstić information content (AvgIpc) is 2.81. The molecule has 0 unspecified atom stereocenters. The van der Waals surface area contributed by atoms with E-state index < -0.39 is 26.0 Å². The zero-order chi connectivity index (χ0) is 24.9. The number of fused-ring (bicyclic) bond motifs is 1. The van der Waals surface area contributed by atoms with E-state index in [4.69, 9.17) is 4.74 Å². The number of ether oxygens (including phenoxy) is 1. The monoisotopic (exact) mass is 505 g/mol. The Morgan fingerprint density at radius 1 is 0.824 bits per heavy atom. The van der Waals surface area contributed by atoms with Gasteiger partial charge in [-0.15, -0.1) is 0 Å². The first-order valence-corrected chi connectivity index (χ1v) is 13.3. The van der Waals surface area contributed by atoms with Crippen LogP contribution in [-0.4, -0.2) is 72.2 Å². The van der Waals surface area contributed by atoms with Crippen LogP contribution in [0.3, 0.4) is 0 Å². The molecule has 3 rings (SSSR count). The number of carbonyl (C=O) groups is 1. The highest BCUT2D eigenvalue weighted by molar-refractivity contribution is 7.89. The maximum atomic E-state index is 12.8. The molecule has 0 fully saturated rings. The minimum absolute atomic E-state index is 0.115. The predicted molar refractivity (Wildman–Crippen MR) is 130 cm³/mol. The minimum Gasteiger partial charge on any atom is -0.492 e. The predicted octanol–water partition coefficient (Wildman–Crippen LogP) is 1.91. The molecule has 1 N–H and O–H groups in total. The molecule has 3 aromatic carbocycles. The Hall–Kier alpha value is -2.99. The van der Waals surface area contributed by atoms with Crippen molar-refractivity contribution in [3.05, 3.63) is 66.7 Å². The summed E-state index contributed by atoms with van der Waals surface area (Å²) in [6.07, 6.45) is 0. The van der Waals surface area contributed by atoms with Crippen molar-refractivity contribution in [2.24, 2.45) is 0 Å². The SMILES string of the molecule is CN(C)S(=O)(=O)c1ccc(OCCNC(=O)CN(C)S(=O)(=O)c2ccc3ccccc3c2)cc1. The summed E-state index contributed by atoms with van der Waals surface area (Å²) in [7, 11) is -3.10. The van der Waals surface area contributed by atoms with Gasteiger partial charge in [0.15, 0.2) is 0 Å². The number of nitrogens with zero attached hydrogens (tertiary/aromatic N) is 2. The Morgan fingerprint density at radius 2 is 1.44 bits per heavy atom. The molecular weight excluding hydrogens is 478 g/mol. The smallest absolute Gasteiger partial charge is 0.243 e. The average molecular weight is 506 g/mol. The number of benzene rings is 3. The molecule has 0 spiro atoms. The Morgan fingerprint density at radius 3 is 2.09 bits per heavy atom. The van der Waals surface area contributed by atoms with Crippen LogP contribution in [0.5, 0.6) is 5.75 Å². The maximum Gasteiger partial charge on any atom is 0.243 e. The van der Waals surface area contributed by atoms with Crippen molar-refractivity contribution < 1.29 is 26.4 Å². The quantitative estimate of drug-likeness (QED) is 0.421. The van der Waals surface area contributed by atoms with Gasteiger partial charge in [0.25, 0.3) is 0 Å². The summed E-state index contributed by atoms with van der Waals surface area (Å²) in [5, 5.41) is 4.34. The Balaban J connectivity index is 1.49. The molecule has 0 heterocycles. The van der Waals surface area contributed by atoms with Crippen molar-refractivity contribution in [1.82, 2.24) is 13.9 Å². The summed E-state index contributed by atoms with van der Waals surface area (Å²) in [4.78, 5) is 12.5. The van der Waals surface area contributed by atoms with Gasteiger partial charge in [0.1, 0.15) is 12.4 Å². The zero-order valence-corrected chi connectivity index (χ0v) is 20.8. The third-order valence-corrected chi connectivity index (χ3v) is 8.72. The fraction of sp³-hybridized carbons (Fsp3) is 0.261. The third kappa shape index (κ3) is 5.92. The van der Waals surface area contributed by atoms with E-state index in [-0.39, 0.29) is 29.5 Å². The number of rotatable bonds is 10. The second-order valence-corrected chi connectivity index (χ2v) is 11.9. The molecule has 0 aliphatic rings. The molecule has 1 amide bonds. The Labute approximate surface area is 200 Å². The molecule has 0 saturated carbocycles. The number of carbonyl (C=O) groups excluding carboxylic acids is 1. The highest BCUT2D eigenvalue weighted by atomic mass is 32.2. The normalized spacial score (nSPS) is 12.3. The molecule has 34 heavy (non-hydrogen) atoms. The summed E-state index contributed by atoms with van der Waals surface area (Å²) in [5.74, 6) is -0.0224. The Kier molecular flexibility index (Phi) is 7.93. The molecule has 182 valence electrons. The number of amides is 1. The van der Waals surface area contributed by atoms with Crippen molar-refractivity contribution in [2.45, 2.75) is 9.79 Å². The van der Waals surface area contributed by atoms with Crippen LogP contribution in [0.1, 0.15) is 0 Å². The van der Waals surface area contributed by atoms with E-state index in [0.717, 1.165) is 19.4 Å². The molecular formula is C23H27N3O6S2.